The van der Waals surface area contributed by atoms with Crippen molar-refractivity contribution in [3.63, 3.8) is 0 Å². The smallest absolute Gasteiger partial charge is 0.307 e. The number of nitrogens with zero attached hydrogens (tertiary/aromatic N) is 2. The average molecular weight is 339 g/mol. The molecule has 1 unspecified atom stereocenters. The predicted molar refractivity (Wildman–Crippen MR) is 89.2 cm³/mol. The molecule has 0 aliphatic carbocycles. The van der Waals surface area contributed by atoms with Crippen molar-refractivity contribution in [1.29, 1.82) is 0 Å². The molecule has 2 rings (SSSR count). The maximum absolute atomic E-state index is 12.5. The van der Waals surface area contributed by atoms with Crippen molar-refractivity contribution in [3.05, 3.63) is 0 Å². The molecule has 1 N–H and O–H groups in total. The Labute approximate surface area is 143 Å². The van der Waals surface area contributed by atoms with Crippen LogP contribution in [0.3, 0.4) is 0 Å². The van der Waals surface area contributed by atoms with Crippen molar-refractivity contribution >= 4 is 17.8 Å². The van der Waals surface area contributed by atoms with Crippen LogP contribution in [-0.2, 0) is 19.1 Å². The van der Waals surface area contributed by atoms with Gasteiger partial charge in [-0.15, -0.1) is 0 Å². The highest BCUT2D eigenvalue weighted by atomic mass is 16.5. The summed E-state index contributed by atoms with van der Waals surface area (Å²) < 4.78 is 5.08. The molecule has 2 heterocycles. The Hall–Kier alpha value is -1.63. The molecule has 0 radical (unpaired) electrons. The Balaban J connectivity index is 1.91. The molecule has 24 heavy (non-hydrogen) atoms. The number of piperazine rings is 1. The first-order valence-electron chi connectivity index (χ1n) is 8.96. The molecular weight excluding hydrogens is 310 g/mol. The number of likely N-dealkylation sites (tertiary alicyclic amines) is 1. The summed E-state index contributed by atoms with van der Waals surface area (Å²) in [4.78, 5) is 40.2. The largest absolute Gasteiger partial charge is 0.466 e. The summed E-state index contributed by atoms with van der Waals surface area (Å²) in [6, 6.07) is -0.615. The summed E-state index contributed by atoms with van der Waals surface area (Å²) >= 11 is 0. The fourth-order valence-corrected chi connectivity index (χ4v) is 3.14. The standard InChI is InChI=1S/C17H29N3O4/c1-3-10-24-16(22)11-14-17(23)18-6-9-20(14)12-15(21)19-7-4-13(2)5-8-19/h13-14H,3-12H2,1-2H3,(H,18,23). The molecule has 2 fully saturated rings. The van der Waals surface area contributed by atoms with E-state index in [9.17, 15) is 14.4 Å². The molecule has 0 aromatic rings. The number of hydrogen-bond acceptors (Lipinski definition) is 5. The molecule has 2 saturated heterocycles. The van der Waals surface area contributed by atoms with Crippen molar-refractivity contribution in [2.45, 2.75) is 45.6 Å². The van der Waals surface area contributed by atoms with Crippen molar-refractivity contribution < 1.29 is 19.1 Å². The molecule has 0 aromatic carbocycles. The SMILES string of the molecule is CCCOC(=O)CC1C(=O)NCCN1CC(=O)N1CCC(C)CC1. The zero-order chi connectivity index (χ0) is 17.5. The van der Waals surface area contributed by atoms with Gasteiger partial charge in [-0.3, -0.25) is 19.3 Å². The van der Waals surface area contributed by atoms with Gasteiger partial charge in [-0.05, 0) is 25.2 Å². The van der Waals surface area contributed by atoms with E-state index in [-0.39, 0.29) is 30.7 Å². The fourth-order valence-electron chi connectivity index (χ4n) is 3.14. The Morgan fingerprint density at radius 2 is 1.96 bits per heavy atom. The Kier molecular flexibility index (Phi) is 7.02. The lowest BCUT2D eigenvalue weighted by Gasteiger charge is -2.36. The second-order valence-corrected chi connectivity index (χ2v) is 6.77. The van der Waals surface area contributed by atoms with Crippen LogP contribution >= 0.6 is 0 Å². The third-order valence-corrected chi connectivity index (χ3v) is 4.74. The van der Waals surface area contributed by atoms with Gasteiger partial charge in [-0.1, -0.05) is 13.8 Å². The lowest BCUT2D eigenvalue weighted by atomic mass is 9.99. The number of carbonyl (C=O) groups is 3. The van der Waals surface area contributed by atoms with Gasteiger partial charge in [0.05, 0.1) is 19.6 Å². The molecule has 7 nitrogen and oxygen atoms in total. The van der Waals surface area contributed by atoms with E-state index in [1.807, 2.05) is 16.7 Å². The molecule has 0 aromatic heterocycles. The van der Waals surface area contributed by atoms with Crippen LogP contribution in [0.25, 0.3) is 0 Å². The minimum atomic E-state index is -0.615. The number of rotatable bonds is 6. The van der Waals surface area contributed by atoms with Gasteiger partial charge in [-0.25, -0.2) is 0 Å². The van der Waals surface area contributed by atoms with Gasteiger partial charge in [-0.2, -0.15) is 0 Å². The summed E-state index contributed by atoms with van der Waals surface area (Å²) in [5.74, 6) is 0.123. The minimum absolute atomic E-state index is 0.00382. The number of hydrogen-bond donors (Lipinski definition) is 1. The molecule has 0 spiro atoms. The summed E-state index contributed by atoms with van der Waals surface area (Å²) in [5.41, 5.74) is 0. The zero-order valence-electron chi connectivity index (χ0n) is 14.8. The van der Waals surface area contributed by atoms with E-state index in [0.29, 0.717) is 25.6 Å². The first-order chi connectivity index (χ1) is 11.5. The second kappa shape index (κ2) is 9.01. The van der Waals surface area contributed by atoms with E-state index in [4.69, 9.17) is 4.74 Å². The summed E-state index contributed by atoms with van der Waals surface area (Å²) in [6.45, 7) is 7.31. The number of carbonyl (C=O) groups excluding carboxylic acids is 3. The monoisotopic (exact) mass is 339 g/mol. The number of piperidine rings is 1. The van der Waals surface area contributed by atoms with E-state index in [2.05, 4.69) is 12.2 Å². The van der Waals surface area contributed by atoms with Gasteiger partial charge < -0.3 is 15.0 Å². The van der Waals surface area contributed by atoms with Crippen LogP contribution in [-0.4, -0.2) is 73.0 Å². The van der Waals surface area contributed by atoms with Crippen LogP contribution in [0.1, 0.15) is 39.5 Å². The normalized spacial score (nSPS) is 23.0. The maximum atomic E-state index is 12.5. The molecule has 2 amide bonds. The molecule has 136 valence electrons. The van der Waals surface area contributed by atoms with Crippen molar-refractivity contribution in [1.82, 2.24) is 15.1 Å². The first kappa shape index (κ1) is 18.7. The van der Waals surface area contributed by atoms with E-state index < -0.39 is 6.04 Å². The van der Waals surface area contributed by atoms with Crippen molar-refractivity contribution in [3.8, 4) is 0 Å². The second-order valence-electron chi connectivity index (χ2n) is 6.77. The summed E-state index contributed by atoms with van der Waals surface area (Å²) in [7, 11) is 0. The first-order valence-corrected chi connectivity index (χ1v) is 8.96. The number of nitrogens with one attached hydrogen (secondary N) is 1. The van der Waals surface area contributed by atoms with Gasteiger partial charge in [0.25, 0.3) is 0 Å². The molecule has 2 aliphatic heterocycles. The molecule has 0 saturated carbocycles. The summed E-state index contributed by atoms with van der Waals surface area (Å²) in [6.07, 6.45) is 2.80. The van der Waals surface area contributed by atoms with E-state index in [1.165, 1.54) is 0 Å². The van der Waals surface area contributed by atoms with Crippen molar-refractivity contribution in [2.24, 2.45) is 5.92 Å². The lowest BCUT2D eigenvalue weighted by Crippen LogP contribution is -2.58. The van der Waals surface area contributed by atoms with Crippen LogP contribution < -0.4 is 5.32 Å². The maximum Gasteiger partial charge on any atom is 0.307 e. The Bertz CT molecular complexity index is 461. The molecule has 1 atom stereocenters. The summed E-state index contributed by atoms with van der Waals surface area (Å²) in [5, 5.41) is 2.77. The molecule has 2 aliphatic rings. The zero-order valence-corrected chi connectivity index (χ0v) is 14.8. The van der Waals surface area contributed by atoms with Gasteiger partial charge in [0, 0.05) is 26.2 Å². The molecular formula is C17H29N3O4. The minimum Gasteiger partial charge on any atom is -0.466 e. The fraction of sp³-hybridized carbons (Fsp3) is 0.824. The quantitative estimate of drug-likeness (QED) is 0.708. The van der Waals surface area contributed by atoms with Gasteiger partial charge >= 0.3 is 5.97 Å². The van der Waals surface area contributed by atoms with Gasteiger partial charge in [0.2, 0.25) is 11.8 Å². The Morgan fingerprint density at radius 1 is 1.25 bits per heavy atom. The number of amides is 2. The number of ether oxygens (including phenoxy) is 1. The average Bonchev–Trinajstić information content (AvgIpc) is 2.56. The Morgan fingerprint density at radius 3 is 2.62 bits per heavy atom. The van der Waals surface area contributed by atoms with Gasteiger partial charge in [0.15, 0.2) is 0 Å². The highest BCUT2D eigenvalue weighted by Crippen LogP contribution is 2.17. The van der Waals surface area contributed by atoms with E-state index in [1.54, 1.807) is 0 Å². The van der Waals surface area contributed by atoms with E-state index in [0.717, 1.165) is 32.4 Å². The van der Waals surface area contributed by atoms with Crippen LogP contribution in [0.2, 0.25) is 0 Å². The third kappa shape index (κ3) is 5.19. The van der Waals surface area contributed by atoms with Gasteiger partial charge in [0.1, 0.15) is 6.04 Å². The highest BCUT2D eigenvalue weighted by molar-refractivity contribution is 5.88. The van der Waals surface area contributed by atoms with E-state index >= 15 is 0 Å². The van der Waals surface area contributed by atoms with Crippen LogP contribution in [0.5, 0.6) is 0 Å². The van der Waals surface area contributed by atoms with Crippen LogP contribution in [0.15, 0.2) is 0 Å². The number of esters is 1. The molecule has 7 heteroatoms. The van der Waals surface area contributed by atoms with Crippen LogP contribution in [0, 0.1) is 5.92 Å². The third-order valence-electron chi connectivity index (χ3n) is 4.74. The predicted octanol–water partition coefficient (Wildman–Crippen LogP) is 0.389. The molecule has 0 bridgehead atoms. The highest BCUT2D eigenvalue weighted by Gasteiger charge is 2.34. The lowest BCUT2D eigenvalue weighted by molar-refractivity contribution is -0.149. The topological polar surface area (TPSA) is 79.0 Å². The van der Waals surface area contributed by atoms with Crippen molar-refractivity contribution in [2.75, 3.05) is 39.3 Å². The van der Waals surface area contributed by atoms with Crippen LogP contribution in [0.4, 0.5) is 0 Å².